The van der Waals surface area contributed by atoms with E-state index in [0.29, 0.717) is 29.1 Å². The fraction of sp³-hybridized carbons (Fsp3) is 0.545. The Hall–Kier alpha value is -2.51. The number of alkyl halides is 3. The minimum absolute atomic E-state index is 0.0860. The quantitative estimate of drug-likeness (QED) is 0.380. The molecule has 1 aliphatic rings. The maximum atomic E-state index is 14.6. The highest BCUT2D eigenvalue weighted by atomic mass is 19.2. The summed E-state index contributed by atoms with van der Waals surface area (Å²) in [6, 6.07) is 0. The lowest BCUT2D eigenvalue weighted by atomic mass is 9.89. The van der Waals surface area contributed by atoms with Crippen LogP contribution in [0.25, 0.3) is 0 Å². The van der Waals surface area contributed by atoms with Crippen LogP contribution in [0.3, 0.4) is 0 Å². The van der Waals surface area contributed by atoms with E-state index >= 15 is 0 Å². The van der Waals surface area contributed by atoms with Gasteiger partial charge in [-0.25, -0.2) is 13.2 Å². The van der Waals surface area contributed by atoms with E-state index in [4.69, 9.17) is 0 Å². The Balaban J connectivity index is 3.19. The second kappa shape index (κ2) is 12.2. The number of carbonyl (C=O) groups is 1. The van der Waals surface area contributed by atoms with Crippen molar-refractivity contribution in [3.05, 3.63) is 47.6 Å². The van der Waals surface area contributed by atoms with E-state index in [1.54, 1.807) is 43.6 Å². The number of halogens is 3. The van der Waals surface area contributed by atoms with Gasteiger partial charge in [-0.15, -0.1) is 0 Å². The van der Waals surface area contributed by atoms with Crippen molar-refractivity contribution in [1.82, 2.24) is 15.1 Å². The Morgan fingerprint density at radius 3 is 2.53 bits per heavy atom. The Morgan fingerprint density at radius 1 is 1.33 bits per heavy atom. The van der Waals surface area contributed by atoms with Crippen LogP contribution in [0.2, 0.25) is 0 Å². The van der Waals surface area contributed by atoms with Crippen molar-refractivity contribution in [3.8, 4) is 0 Å². The Bertz CT molecular complexity index is 715. The summed E-state index contributed by atoms with van der Waals surface area (Å²) in [5.41, 5.74) is 1.64. The van der Waals surface area contributed by atoms with Gasteiger partial charge in [0.15, 0.2) is 6.17 Å². The summed E-state index contributed by atoms with van der Waals surface area (Å²) >= 11 is 0. The van der Waals surface area contributed by atoms with E-state index < -0.39 is 24.4 Å². The number of carbonyl (C=O) groups excluding carboxylic acids is 1. The van der Waals surface area contributed by atoms with Crippen LogP contribution in [0.5, 0.6) is 0 Å². The summed E-state index contributed by atoms with van der Waals surface area (Å²) < 4.78 is 42.4. The zero-order valence-electron chi connectivity index (χ0n) is 18.4. The lowest BCUT2D eigenvalue weighted by molar-refractivity contribution is -0.116. The third-order valence-electron chi connectivity index (χ3n) is 4.88. The van der Waals surface area contributed by atoms with Crippen molar-refractivity contribution in [2.75, 3.05) is 27.2 Å². The maximum absolute atomic E-state index is 14.6. The lowest BCUT2D eigenvalue weighted by Gasteiger charge is -2.33. The Labute approximate surface area is 177 Å². The Morgan fingerprint density at radius 2 is 2.00 bits per heavy atom. The first-order chi connectivity index (χ1) is 14.2. The molecule has 0 saturated carbocycles. The van der Waals surface area contributed by atoms with Crippen LogP contribution in [0, 0.1) is 5.92 Å². The summed E-state index contributed by atoms with van der Waals surface area (Å²) in [5.74, 6) is -0.204. The predicted molar refractivity (Wildman–Crippen MR) is 116 cm³/mol. The first kappa shape index (κ1) is 25.5. The second-order valence-electron chi connectivity index (χ2n) is 7.45. The molecule has 0 spiro atoms. The van der Waals surface area contributed by atoms with Gasteiger partial charge in [-0.1, -0.05) is 26.5 Å². The predicted octanol–water partition coefficient (Wildman–Crippen LogP) is 3.93. The number of hydrogen-bond donors (Lipinski definition) is 1. The number of rotatable bonds is 12. The normalized spacial score (nSPS) is 18.6. The van der Waals surface area contributed by atoms with Gasteiger partial charge in [-0.2, -0.15) is 0 Å². The van der Waals surface area contributed by atoms with Crippen LogP contribution in [0.15, 0.2) is 52.6 Å². The first-order valence-corrected chi connectivity index (χ1v) is 10.00. The smallest absolute Gasteiger partial charge is 0.214 e. The van der Waals surface area contributed by atoms with Gasteiger partial charge in [0.2, 0.25) is 6.41 Å². The molecule has 4 atom stereocenters. The van der Waals surface area contributed by atoms with Gasteiger partial charge in [0.1, 0.15) is 18.2 Å². The lowest BCUT2D eigenvalue weighted by Crippen LogP contribution is -2.40. The molecule has 4 unspecified atom stereocenters. The molecule has 1 aliphatic heterocycles. The highest BCUT2D eigenvalue weighted by Crippen LogP contribution is 2.29. The number of amides is 1. The van der Waals surface area contributed by atoms with Crippen LogP contribution in [0.4, 0.5) is 13.2 Å². The molecule has 168 valence electrons. The van der Waals surface area contributed by atoms with Crippen molar-refractivity contribution in [2.24, 2.45) is 10.9 Å². The molecule has 0 radical (unpaired) electrons. The van der Waals surface area contributed by atoms with Crippen molar-refractivity contribution in [3.63, 3.8) is 0 Å². The monoisotopic (exact) mass is 426 g/mol. The SMILES string of the molecule is C=C(/C=N\C=C/C)CN(C=O)C1=C(N(C)C)NCC(C(C)C(F)C(F)C(F)CC)=C1. The number of hydrogen-bond acceptors (Lipinski definition) is 4. The van der Waals surface area contributed by atoms with Crippen molar-refractivity contribution in [1.29, 1.82) is 0 Å². The molecule has 30 heavy (non-hydrogen) atoms. The van der Waals surface area contributed by atoms with Crippen molar-refractivity contribution < 1.29 is 18.0 Å². The van der Waals surface area contributed by atoms with Gasteiger partial charge >= 0.3 is 0 Å². The first-order valence-electron chi connectivity index (χ1n) is 10.00. The number of nitrogens with one attached hydrogen (secondary N) is 1. The molecule has 0 aromatic heterocycles. The van der Waals surface area contributed by atoms with Crippen LogP contribution in [-0.4, -0.2) is 68.1 Å². The third kappa shape index (κ3) is 6.78. The maximum Gasteiger partial charge on any atom is 0.214 e. The van der Waals surface area contributed by atoms with Gasteiger partial charge in [0.25, 0.3) is 0 Å². The fourth-order valence-corrected chi connectivity index (χ4v) is 3.05. The number of nitrogens with zero attached hydrogens (tertiary/aromatic N) is 3. The van der Waals surface area contributed by atoms with Gasteiger partial charge in [0.05, 0.1) is 12.2 Å². The minimum atomic E-state index is -2.20. The highest BCUT2D eigenvalue weighted by molar-refractivity contribution is 5.79. The van der Waals surface area contributed by atoms with Crippen molar-refractivity contribution in [2.45, 2.75) is 45.7 Å². The molecule has 5 nitrogen and oxygen atoms in total. The summed E-state index contributed by atoms with van der Waals surface area (Å²) in [4.78, 5) is 19.1. The molecule has 0 aliphatic carbocycles. The summed E-state index contributed by atoms with van der Waals surface area (Å²) in [6.45, 7) is 9.18. The number of aliphatic imine (C=N–C) groups is 1. The molecular weight excluding hydrogens is 393 g/mol. The molecular formula is C22H33F3N4O. The average Bonchev–Trinajstić information content (AvgIpc) is 2.74. The van der Waals surface area contributed by atoms with E-state index in [2.05, 4.69) is 16.9 Å². The topological polar surface area (TPSA) is 47.9 Å². The molecule has 1 N–H and O–H groups in total. The molecule has 0 bridgehead atoms. The van der Waals surface area contributed by atoms with E-state index in [1.165, 1.54) is 18.7 Å². The molecule has 0 aromatic carbocycles. The highest BCUT2D eigenvalue weighted by Gasteiger charge is 2.35. The van der Waals surface area contributed by atoms with Crippen LogP contribution in [-0.2, 0) is 4.79 Å². The number of allylic oxidation sites excluding steroid dienone is 2. The summed E-state index contributed by atoms with van der Waals surface area (Å²) in [6.07, 6.45) is 1.12. The zero-order chi connectivity index (χ0) is 22.8. The fourth-order valence-electron chi connectivity index (χ4n) is 3.05. The molecule has 1 rings (SSSR count). The van der Waals surface area contributed by atoms with E-state index in [0.717, 1.165) is 0 Å². The third-order valence-corrected chi connectivity index (χ3v) is 4.88. The summed E-state index contributed by atoms with van der Waals surface area (Å²) in [5, 5.41) is 3.16. The Kier molecular flexibility index (Phi) is 10.4. The zero-order valence-corrected chi connectivity index (χ0v) is 18.4. The van der Waals surface area contributed by atoms with Gasteiger partial charge in [-0.3, -0.25) is 9.79 Å². The van der Waals surface area contributed by atoms with E-state index in [1.807, 2.05) is 6.92 Å². The second-order valence-corrected chi connectivity index (χ2v) is 7.45. The molecule has 0 saturated heterocycles. The van der Waals surface area contributed by atoms with Gasteiger partial charge in [0, 0.05) is 39.0 Å². The average molecular weight is 427 g/mol. The van der Waals surface area contributed by atoms with Crippen LogP contribution >= 0.6 is 0 Å². The number of dihydropyridines is 1. The standard InChI is InChI=1S/C22H33F3N4O/c1-7-9-26-11-15(3)13-29(14-30)19-10-17(12-27-22(19)28(5)6)16(4)20(24)21(25)18(23)8-2/h7,9-11,14,16,18,20-21,27H,3,8,12-13H2,1-2,4-6H3/b9-7-,26-11-. The van der Waals surface area contributed by atoms with Crippen molar-refractivity contribution >= 4 is 12.6 Å². The van der Waals surface area contributed by atoms with E-state index in [-0.39, 0.29) is 19.5 Å². The molecule has 0 aromatic rings. The van der Waals surface area contributed by atoms with Crippen LogP contribution in [0.1, 0.15) is 27.2 Å². The largest absolute Gasteiger partial charge is 0.366 e. The van der Waals surface area contributed by atoms with Gasteiger partial charge < -0.3 is 15.1 Å². The van der Waals surface area contributed by atoms with Crippen LogP contribution < -0.4 is 5.32 Å². The summed E-state index contributed by atoms with van der Waals surface area (Å²) in [7, 11) is 3.61. The molecule has 8 heteroatoms. The van der Waals surface area contributed by atoms with Gasteiger partial charge in [-0.05, 0) is 30.6 Å². The molecule has 1 heterocycles. The molecule has 1 amide bonds. The minimum Gasteiger partial charge on any atom is -0.366 e. The molecule has 0 fully saturated rings. The van der Waals surface area contributed by atoms with E-state index in [9.17, 15) is 18.0 Å².